The average Bonchev–Trinajstić information content (AvgIpc) is 2.46. The van der Waals surface area contributed by atoms with Crippen molar-refractivity contribution in [3.05, 3.63) is 39.9 Å². The predicted octanol–water partition coefficient (Wildman–Crippen LogP) is 1.78. The molecule has 0 atom stereocenters. The van der Waals surface area contributed by atoms with Crippen LogP contribution in [0.15, 0.2) is 24.3 Å². The fraction of sp³-hybridized carbons (Fsp3) is 0.571. The monoisotopic (exact) mass is 282 g/mol. The van der Waals surface area contributed by atoms with E-state index in [2.05, 4.69) is 5.32 Å². The van der Waals surface area contributed by atoms with Gasteiger partial charge in [0, 0.05) is 25.3 Å². The maximum absolute atomic E-state index is 10.8. The summed E-state index contributed by atoms with van der Waals surface area (Å²) in [6, 6.07) is 6.85. The number of ether oxygens (including phenoxy) is 2. The lowest BCUT2D eigenvalue weighted by molar-refractivity contribution is -0.385. The quantitative estimate of drug-likeness (QED) is 0.380. The molecule has 0 aliphatic rings. The first-order valence-corrected chi connectivity index (χ1v) is 6.75. The van der Waals surface area contributed by atoms with E-state index in [1.165, 1.54) is 0 Å². The molecule has 0 aliphatic carbocycles. The SMILES string of the molecule is COCCOCCCNCCc1ccccc1[N+](=O)[O-]. The van der Waals surface area contributed by atoms with Gasteiger partial charge in [-0.1, -0.05) is 18.2 Å². The Labute approximate surface area is 119 Å². The Kier molecular flexibility index (Phi) is 8.53. The zero-order chi connectivity index (χ0) is 14.6. The molecule has 0 amide bonds. The standard InChI is InChI=1S/C14H22N2O4/c1-19-11-12-20-10-4-8-15-9-7-13-5-2-3-6-14(13)16(17)18/h2-3,5-6,15H,4,7-12H2,1H3. The van der Waals surface area contributed by atoms with E-state index in [1.807, 2.05) is 6.07 Å². The highest BCUT2D eigenvalue weighted by Gasteiger charge is 2.10. The minimum absolute atomic E-state index is 0.192. The molecule has 0 radical (unpaired) electrons. The molecule has 0 aromatic heterocycles. The summed E-state index contributed by atoms with van der Waals surface area (Å²) in [7, 11) is 1.65. The Morgan fingerprint density at radius 3 is 2.75 bits per heavy atom. The summed E-state index contributed by atoms with van der Waals surface area (Å²) >= 11 is 0. The van der Waals surface area contributed by atoms with E-state index in [0.717, 1.165) is 25.1 Å². The van der Waals surface area contributed by atoms with E-state index < -0.39 is 0 Å². The number of methoxy groups -OCH3 is 1. The van der Waals surface area contributed by atoms with E-state index in [4.69, 9.17) is 9.47 Å². The molecular formula is C14H22N2O4. The van der Waals surface area contributed by atoms with Gasteiger partial charge in [0.25, 0.3) is 5.69 Å². The second-order valence-electron chi connectivity index (χ2n) is 4.34. The Morgan fingerprint density at radius 1 is 1.20 bits per heavy atom. The van der Waals surface area contributed by atoms with Crippen LogP contribution in [-0.4, -0.2) is 44.9 Å². The minimum Gasteiger partial charge on any atom is -0.382 e. The van der Waals surface area contributed by atoms with Gasteiger partial charge in [-0.2, -0.15) is 0 Å². The van der Waals surface area contributed by atoms with Gasteiger partial charge in [0.2, 0.25) is 0 Å². The van der Waals surface area contributed by atoms with Crippen molar-refractivity contribution in [1.29, 1.82) is 0 Å². The first-order valence-electron chi connectivity index (χ1n) is 6.75. The molecule has 0 saturated carbocycles. The summed E-state index contributed by atoms with van der Waals surface area (Å²) in [6.45, 7) is 3.50. The number of hydrogen-bond acceptors (Lipinski definition) is 5. The zero-order valence-corrected chi connectivity index (χ0v) is 11.8. The molecule has 0 saturated heterocycles. The van der Waals surface area contributed by atoms with E-state index in [0.29, 0.717) is 26.2 Å². The molecule has 0 fully saturated rings. The molecule has 0 bridgehead atoms. The van der Waals surface area contributed by atoms with Gasteiger partial charge in [-0.05, 0) is 25.9 Å². The number of nitro groups is 1. The van der Waals surface area contributed by atoms with Gasteiger partial charge in [-0.15, -0.1) is 0 Å². The van der Waals surface area contributed by atoms with Crippen molar-refractivity contribution >= 4 is 5.69 Å². The summed E-state index contributed by atoms with van der Waals surface area (Å²) in [5.41, 5.74) is 0.957. The second kappa shape index (κ2) is 10.3. The highest BCUT2D eigenvalue weighted by molar-refractivity contribution is 5.39. The number of hydrogen-bond donors (Lipinski definition) is 1. The Hall–Kier alpha value is -1.50. The van der Waals surface area contributed by atoms with Gasteiger partial charge >= 0.3 is 0 Å². The van der Waals surface area contributed by atoms with Crippen molar-refractivity contribution in [2.75, 3.05) is 40.0 Å². The summed E-state index contributed by atoms with van der Waals surface area (Å²) in [5, 5.41) is 14.1. The highest BCUT2D eigenvalue weighted by atomic mass is 16.6. The van der Waals surface area contributed by atoms with E-state index in [1.54, 1.807) is 25.3 Å². The maximum atomic E-state index is 10.8. The van der Waals surface area contributed by atoms with Crippen molar-refractivity contribution in [2.45, 2.75) is 12.8 Å². The number of benzene rings is 1. The smallest absolute Gasteiger partial charge is 0.272 e. The maximum Gasteiger partial charge on any atom is 0.272 e. The fourth-order valence-corrected chi connectivity index (χ4v) is 1.79. The number of nitrogens with zero attached hydrogens (tertiary/aromatic N) is 1. The van der Waals surface area contributed by atoms with E-state index >= 15 is 0 Å². The van der Waals surface area contributed by atoms with Gasteiger partial charge < -0.3 is 14.8 Å². The zero-order valence-electron chi connectivity index (χ0n) is 11.8. The number of nitro benzene ring substituents is 1. The molecule has 6 heteroatoms. The second-order valence-corrected chi connectivity index (χ2v) is 4.34. The normalized spacial score (nSPS) is 10.7. The average molecular weight is 282 g/mol. The molecule has 1 rings (SSSR count). The van der Waals surface area contributed by atoms with Crippen LogP contribution in [-0.2, 0) is 15.9 Å². The third-order valence-corrected chi connectivity index (χ3v) is 2.83. The summed E-state index contributed by atoms with van der Waals surface area (Å²) in [5.74, 6) is 0. The predicted molar refractivity (Wildman–Crippen MR) is 77.0 cm³/mol. The first-order chi connectivity index (χ1) is 9.75. The van der Waals surface area contributed by atoms with Gasteiger partial charge in [0.15, 0.2) is 0 Å². The third-order valence-electron chi connectivity index (χ3n) is 2.83. The van der Waals surface area contributed by atoms with Crippen LogP contribution in [0.3, 0.4) is 0 Å². The summed E-state index contributed by atoms with van der Waals surface area (Å²) < 4.78 is 10.2. The lowest BCUT2D eigenvalue weighted by Crippen LogP contribution is -2.20. The fourth-order valence-electron chi connectivity index (χ4n) is 1.79. The van der Waals surface area contributed by atoms with Crippen LogP contribution < -0.4 is 5.32 Å². The molecular weight excluding hydrogens is 260 g/mol. The van der Waals surface area contributed by atoms with Crippen LogP contribution in [0.5, 0.6) is 0 Å². The summed E-state index contributed by atoms with van der Waals surface area (Å²) in [4.78, 5) is 10.5. The number of para-hydroxylation sites is 1. The molecule has 0 aliphatic heterocycles. The Balaban J connectivity index is 2.11. The molecule has 1 aromatic carbocycles. The van der Waals surface area contributed by atoms with Crippen LogP contribution in [0.4, 0.5) is 5.69 Å². The molecule has 6 nitrogen and oxygen atoms in total. The van der Waals surface area contributed by atoms with Crippen LogP contribution in [0.2, 0.25) is 0 Å². The molecule has 1 N–H and O–H groups in total. The van der Waals surface area contributed by atoms with Crippen LogP contribution in [0.1, 0.15) is 12.0 Å². The Morgan fingerprint density at radius 2 is 2.00 bits per heavy atom. The Bertz CT molecular complexity index is 399. The lowest BCUT2D eigenvalue weighted by Gasteiger charge is -2.06. The molecule has 0 spiro atoms. The van der Waals surface area contributed by atoms with Gasteiger partial charge in [0.1, 0.15) is 0 Å². The van der Waals surface area contributed by atoms with Crippen LogP contribution >= 0.6 is 0 Å². The minimum atomic E-state index is -0.334. The summed E-state index contributed by atoms with van der Waals surface area (Å²) in [6.07, 6.45) is 1.57. The molecule has 20 heavy (non-hydrogen) atoms. The van der Waals surface area contributed by atoms with Crippen LogP contribution in [0, 0.1) is 10.1 Å². The van der Waals surface area contributed by atoms with Crippen molar-refractivity contribution in [3.8, 4) is 0 Å². The lowest BCUT2D eigenvalue weighted by atomic mass is 10.1. The largest absolute Gasteiger partial charge is 0.382 e. The number of rotatable bonds is 11. The van der Waals surface area contributed by atoms with Gasteiger partial charge in [0.05, 0.1) is 18.1 Å². The first kappa shape index (κ1) is 16.6. The molecule has 112 valence electrons. The molecule has 0 heterocycles. The number of nitrogens with one attached hydrogen (secondary N) is 1. The topological polar surface area (TPSA) is 73.6 Å². The van der Waals surface area contributed by atoms with Gasteiger partial charge in [-0.25, -0.2) is 0 Å². The molecule has 0 unspecified atom stereocenters. The third kappa shape index (κ3) is 6.60. The van der Waals surface area contributed by atoms with Crippen LogP contribution in [0.25, 0.3) is 0 Å². The van der Waals surface area contributed by atoms with E-state index in [9.17, 15) is 10.1 Å². The molecule has 1 aromatic rings. The highest BCUT2D eigenvalue weighted by Crippen LogP contribution is 2.17. The van der Waals surface area contributed by atoms with Crippen molar-refractivity contribution in [2.24, 2.45) is 0 Å². The van der Waals surface area contributed by atoms with Crippen molar-refractivity contribution in [1.82, 2.24) is 5.32 Å². The van der Waals surface area contributed by atoms with E-state index in [-0.39, 0.29) is 10.6 Å². The van der Waals surface area contributed by atoms with Crippen molar-refractivity contribution in [3.63, 3.8) is 0 Å². The van der Waals surface area contributed by atoms with Gasteiger partial charge in [-0.3, -0.25) is 10.1 Å². The van der Waals surface area contributed by atoms with Crippen molar-refractivity contribution < 1.29 is 14.4 Å².